The zero-order valence-electron chi connectivity index (χ0n) is 16.2. The molecule has 3 N–H and O–H groups in total. The van der Waals surface area contributed by atoms with E-state index in [1.807, 2.05) is 0 Å². The summed E-state index contributed by atoms with van der Waals surface area (Å²) < 4.78 is 25.7. The molecule has 164 valence electrons. The minimum atomic E-state index is -0.893. The van der Waals surface area contributed by atoms with Crippen molar-refractivity contribution >= 4 is 18.2 Å². The van der Waals surface area contributed by atoms with Crippen molar-refractivity contribution in [3.8, 4) is 0 Å². The Morgan fingerprint density at radius 2 is 1.32 bits per heavy atom. The number of nitrogens with one attached hydrogen (secondary N) is 2. The van der Waals surface area contributed by atoms with Crippen molar-refractivity contribution in [2.75, 3.05) is 79.2 Å². The molecule has 0 radical (unpaired) electrons. The molecule has 0 unspecified atom stereocenters. The Labute approximate surface area is 165 Å². The molecule has 0 aliphatic carbocycles. The van der Waals surface area contributed by atoms with Crippen molar-refractivity contribution in [3.05, 3.63) is 0 Å². The first kappa shape index (κ1) is 26.4. The molecular formula is C17H32N2O9. The maximum atomic E-state index is 10.5. The van der Waals surface area contributed by atoms with Crippen LogP contribution in [0.2, 0.25) is 0 Å². The van der Waals surface area contributed by atoms with E-state index in [-0.39, 0.29) is 26.0 Å². The summed E-state index contributed by atoms with van der Waals surface area (Å²) in [5.74, 6) is -1.77. The molecule has 0 spiro atoms. The molecule has 0 aromatic heterocycles. The van der Waals surface area contributed by atoms with Crippen LogP contribution >= 0.6 is 0 Å². The van der Waals surface area contributed by atoms with Gasteiger partial charge in [0.15, 0.2) is 0 Å². The molecule has 0 aliphatic rings. The van der Waals surface area contributed by atoms with E-state index in [9.17, 15) is 14.4 Å². The zero-order chi connectivity index (χ0) is 20.7. The average Bonchev–Trinajstić information content (AvgIpc) is 2.68. The number of esters is 1. The minimum absolute atomic E-state index is 0.00146. The highest BCUT2D eigenvalue weighted by Crippen LogP contribution is 1.85. The first-order valence-corrected chi connectivity index (χ1v) is 9.23. The normalized spacial score (nSPS) is 10.7. The van der Waals surface area contributed by atoms with Crippen molar-refractivity contribution < 1.29 is 43.2 Å². The second kappa shape index (κ2) is 21.7. The molecule has 0 bridgehead atoms. The molecule has 0 aromatic rings. The van der Waals surface area contributed by atoms with Gasteiger partial charge in [-0.3, -0.25) is 14.9 Å². The maximum Gasteiger partial charge on any atom is 0.372 e. The third kappa shape index (κ3) is 22.4. The van der Waals surface area contributed by atoms with Crippen LogP contribution in [0.25, 0.3) is 0 Å². The Balaban J connectivity index is 3.04. The summed E-state index contributed by atoms with van der Waals surface area (Å²) in [6.07, 6.45) is 0.988. The van der Waals surface area contributed by atoms with Crippen LogP contribution in [0, 0.1) is 0 Å². The summed E-state index contributed by atoms with van der Waals surface area (Å²) in [5.41, 5.74) is 0. The van der Waals surface area contributed by atoms with Crippen molar-refractivity contribution in [1.82, 2.24) is 10.6 Å². The number of hydrogen-bond acceptors (Lipinski definition) is 10. The van der Waals surface area contributed by atoms with Crippen LogP contribution in [-0.2, 0) is 38.1 Å². The zero-order valence-corrected chi connectivity index (χ0v) is 16.2. The van der Waals surface area contributed by atoms with Gasteiger partial charge in [0.25, 0.3) is 0 Å². The number of ether oxygens (including phenoxy) is 5. The van der Waals surface area contributed by atoms with Gasteiger partial charge in [0.1, 0.15) is 6.73 Å². The third-order valence-corrected chi connectivity index (χ3v) is 3.11. The second-order valence-corrected chi connectivity index (χ2v) is 5.42. The molecule has 0 amide bonds. The predicted octanol–water partition coefficient (Wildman–Crippen LogP) is -1.20. The van der Waals surface area contributed by atoms with Crippen molar-refractivity contribution in [3.63, 3.8) is 0 Å². The van der Waals surface area contributed by atoms with Gasteiger partial charge in [-0.05, 0) is 13.0 Å². The number of aliphatic carboxylic acids is 1. The second-order valence-electron chi connectivity index (χ2n) is 5.42. The topological polar surface area (TPSA) is 142 Å². The van der Waals surface area contributed by atoms with Crippen LogP contribution in [0.3, 0.4) is 0 Å². The van der Waals surface area contributed by atoms with Gasteiger partial charge in [-0.15, -0.1) is 0 Å². The van der Waals surface area contributed by atoms with Crippen LogP contribution in [0.15, 0.2) is 0 Å². The Bertz CT molecular complexity index is 397. The Kier molecular flexibility index (Phi) is 20.4. The van der Waals surface area contributed by atoms with Gasteiger partial charge in [-0.2, -0.15) is 0 Å². The van der Waals surface area contributed by atoms with E-state index in [1.54, 1.807) is 0 Å². The Morgan fingerprint density at radius 3 is 1.96 bits per heavy atom. The summed E-state index contributed by atoms with van der Waals surface area (Å²) in [6, 6.07) is 0. The molecule has 28 heavy (non-hydrogen) atoms. The van der Waals surface area contributed by atoms with E-state index >= 15 is 0 Å². The van der Waals surface area contributed by atoms with E-state index in [0.29, 0.717) is 52.8 Å². The molecule has 0 saturated heterocycles. The number of carboxylic acids is 1. The van der Waals surface area contributed by atoms with Crippen LogP contribution < -0.4 is 10.6 Å². The van der Waals surface area contributed by atoms with E-state index in [4.69, 9.17) is 24.1 Å². The Hall–Kier alpha value is -1.63. The smallest absolute Gasteiger partial charge is 0.372 e. The number of rotatable bonds is 22. The van der Waals surface area contributed by atoms with Gasteiger partial charge in [0.2, 0.25) is 6.29 Å². The van der Waals surface area contributed by atoms with Crippen LogP contribution in [-0.4, -0.2) is 103 Å². The van der Waals surface area contributed by atoms with Crippen LogP contribution in [0.1, 0.15) is 12.8 Å². The van der Waals surface area contributed by atoms with Gasteiger partial charge in [-0.25, -0.2) is 4.79 Å². The minimum Gasteiger partial charge on any atom is -0.481 e. The summed E-state index contributed by atoms with van der Waals surface area (Å²) in [6.45, 7) is 5.73. The maximum absolute atomic E-state index is 10.5. The van der Waals surface area contributed by atoms with Gasteiger partial charge < -0.3 is 34.1 Å². The quantitative estimate of drug-likeness (QED) is 0.0653. The van der Waals surface area contributed by atoms with Crippen molar-refractivity contribution in [1.29, 1.82) is 0 Å². The van der Waals surface area contributed by atoms with Crippen LogP contribution in [0.4, 0.5) is 0 Å². The van der Waals surface area contributed by atoms with E-state index in [0.717, 1.165) is 19.5 Å². The fraction of sp³-hybridized carbons (Fsp3) is 0.824. The molecular weight excluding hydrogens is 376 g/mol. The number of aldehydes is 1. The van der Waals surface area contributed by atoms with Gasteiger partial charge in [0.05, 0.1) is 52.7 Å². The number of carbonyl (C=O) groups excluding carboxylic acids is 2. The lowest BCUT2D eigenvalue weighted by Crippen LogP contribution is -2.26. The number of carboxylic acid groups (broad SMARTS) is 1. The van der Waals surface area contributed by atoms with Crippen LogP contribution in [0.5, 0.6) is 0 Å². The third-order valence-electron chi connectivity index (χ3n) is 3.11. The molecule has 0 heterocycles. The summed E-state index contributed by atoms with van der Waals surface area (Å²) in [7, 11) is 0. The predicted molar refractivity (Wildman–Crippen MR) is 98.0 cm³/mol. The van der Waals surface area contributed by atoms with E-state index in [1.165, 1.54) is 0 Å². The summed E-state index contributed by atoms with van der Waals surface area (Å²) in [4.78, 5) is 30.8. The highest BCUT2D eigenvalue weighted by atomic mass is 16.5. The molecule has 0 aliphatic heterocycles. The molecule has 0 fully saturated rings. The first-order chi connectivity index (χ1) is 13.7. The summed E-state index contributed by atoms with van der Waals surface area (Å²) in [5, 5.41) is 14.5. The van der Waals surface area contributed by atoms with Crippen molar-refractivity contribution in [2.24, 2.45) is 0 Å². The van der Waals surface area contributed by atoms with Gasteiger partial charge >= 0.3 is 11.9 Å². The van der Waals surface area contributed by atoms with Gasteiger partial charge in [0, 0.05) is 19.7 Å². The Morgan fingerprint density at radius 1 is 0.750 bits per heavy atom. The number of carbonyl (C=O) groups is 3. The monoisotopic (exact) mass is 408 g/mol. The highest BCUT2D eigenvalue weighted by molar-refractivity contribution is 6.20. The standard InChI is InChI=1S/C17H32N2O9/c20-14-17(23)28-15-19-5-9-24-6-1-3-18-4-8-26-11-13-27-12-10-25-7-2-16(21)22/h14,18-19H,1-13,15H2,(H,21,22). The molecule has 0 atom stereocenters. The van der Waals surface area contributed by atoms with E-state index < -0.39 is 11.9 Å². The summed E-state index contributed by atoms with van der Waals surface area (Å²) >= 11 is 0. The lowest BCUT2D eigenvalue weighted by molar-refractivity contribution is -0.149. The number of hydrogen-bond donors (Lipinski definition) is 3. The van der Waals surface area contributed by atoms with Crippen molar-refractivity contribution in [2.45, 2.75) is 12.8 Å². The van der Waals surface area contributed by atoms with E-state index in [2.05, 4.69) is 15.4 Å². The lowest BCUT2D eigenvalue weighted by atomic mass is 10.4. The first-order valence-electron chi connectivity index (χ1n) is 9.23. The fourth-order valence-electron chi connectivity index (χ4n) is 1.74. The largest absolute Gasteiger partial charge is 0.481 e. The SMILES string of the molecule is O=CC(=O)OCNCCOCCCNCCOCCOCCOCCC(=O)O. The average molecular weight is 408 g/mol. The highest BCUT2D eigenvalue weighted by Gasteiger charge is 1.98. The fourth-order valence-corrected chi connectivity index (χ4v) is 1.74. The van der Waals surface area contributed by atoms with Gasteiger partial charge in [-0.1, -0.05) is 0 Å². The molecule has 11 heteroatoms. The molecule has 0 saturated carbocycles. The molecule has 11 nitrogen and oxygen atoms in total. The lowest BCUT2D eigenvalue weighted by Gasteiger charge is -2.08. The molecule has 0 aromatic carbocycles. The molecule has 0 rings (SSSR count).